The minimum absolute atomic E-state index is 0.00270. The maximum Gasteiger partial charge on any atom is 0.290 e. The second-order valence-corrected chi connectivity index (χ2v) is 8.41. The first-order valence-corrected chi connectivity index (χ1v) is 11.1. The number of furan rings is 1. The van der Waals surface area contributed by atoms with Crippen LogP contribution in [0.5, 0.6) is 17.2 Å². The van der Waals surface area contributed by atoms with Crippen molar-refractivity contribution in [1.29, 1.82) is 0 Å². The molecule has 7 heteroatoms. The van der Waals surface area contributed by atoms with E-state index in [1.165, 1.54) is 0 Å². The second-order valence-electron chi connectivity index (χ2n) is 8.41. The molecule has 33 heavy (non-hydrogen) atoms. The molecule has 0 radical (unpaired) electrons. The molecule has 1 aromatic heterocycles. The third-order valence-corrected chi connectivity index (χ3v) is 6.12. The number of benzene rings is 2. The number of fused-ring (bicyclic) bond motifs is 1. The summed E-state index contributed by atoms with van der Waals surface area (Å²) in [7, 11) is 4.73. The van der Waals surface area contributed by atoms with Gasteiger partial charge in [0.2, 0.25) is 5.75 Å². The van der Waals surface area contributed by atoms with E-state index in [1.54, 1.807) is 26.2 Å². The van der Waals surface area contributed by atoms with Gasteiger partial charge in [0.15, 0.2) is 17.3 Å². The van der Waals surface area contributed by atoms with Gasteiger partial charge in [0, 0.05) is 30.6 Å². The van der Waals surface area contributed by atoms with Crippen molar-refractivity contribution in [3.63, 3.8) is 0 Å². The molecule has 1 saturated heterocycles. The molecule has 1 aliphatic heterocycles. The summed E-state index contributed by atoms with van der Waals surface area (Å²) in [4.78, 5) is 15.5. The maximum atomic E-state index is 13.7. The Morgan fingerprint density at radius 3 is 2.39 bits per heavy atom. The van der Waals surface area contributed by atoms with Crippen LogP contribution >= 0.6 is 0 Å². The Morgan fingerprint density at radius 1 is 1.06 bits per heavy atom. The molecule has 1 amide bonds. The van der Waals surface area contributed by atoms with Crippen LogP contribution in [0, 0.1) is 13.8 Å². The van der Waals surface area contributed by atoms with Crippen molar-refractivity contribution in [3.05, 3.63) is 52.8 Å². The predicted molar refractivity (Wildman–Crippen MR) is 126 cm³/mol. The molecular formula is C26H31NO6. The van der Waals surface area contributed by atoms with Crippen LogP contribution in [0.3, 0.4) is 0 Å². The Balaban J connectivity index is 1.70. The molecule has 1 unspecified atom stereocenters. The van der Waals surface area contributed by atoms with Crippen LogP contribution in [0.2, 0.25) is 0 Å². The van der Waals surface area contributed by atoms with Crippen molar-refractivity contribution in [2.45, 2.75) is 39.3 Å². The lowest BCUT2D eigenvalue weighted by Gasteiger charge is -2.26. The highest BCUT2D eigenvalue weighted by Crippen LogP contribution is 2.39. The summed E-state index contributed by atoms with van der Waals surface area (Å²) >= 11 is 0. The summed E-state index contributed by atoms with van der Waals surface area (Å²) in [5.74, 6) is 1.81. The van der Waals surface area contributed by atoms with Crippen LogP contribution in [0.4, 0.5) is 0 Å². The Hall–Kier alpha value is -3.19. The van der Waals surface area contributed by atoms with Crippen LogP contribution in [-0.2, 0) is 11.3 Å². The van der Waals surface area contributed by atoms with Crippen molar-refractivity contribution in [2.24, 2.45) is 0 Å². The summed E-state index contributed by atoms with van der Waals surface area (Å²) in [6.45, 7) is 5.49. The van der Waals surface area contributed by atoms with Crippen molar-refractivity contribution in [1.82, 2.24) is 4.90 Å². The van der Waals surface area contributed by atoms with Gasteiger partial charge in [0.25, 0.3) is 5.91 Å². The van der Waals surface area contributed by atoms with Crippen molar-refractivity contribution in [3.8, 4) is 17.2 Å². The number of hydrogen-bond acceptors (Lipinski definition) is 6. The van der Waals surface area contributed by atoms with E-state index in [2.05, 4.69) is 0 Å². The highest BCUT2D eigenvalue weighted by molar-refractivity contribution is 5.99. The molecule has 4 rings (SSSR count). The number of nitrogens with zero attached hydrogens (tertiary/aromatic N) is 1. The fourth-order valence-electron chi connectivity index (χ4n) is 4.38. The average molecular weight is 454 g/mol. The molecule has 1 fully saturated rings. The third kappa shape index (κ3) is 4.64. The van der Waals surface area contributed by atoms with Crippen molar-refractivity contribution >= 4 is 16.9 Å². The molecule has 2 aromatic carbocycles. The first-order chi connectivity index (χ1) is 15.9. The van der Waals surface area contributed by atoms with E-state index in [0.29, 0.717) is 36.1 Å². The number of carbonyl (C=O) groups is 1. The molecule has 1 aliphatic rings. The Bertz CT molecular complexity index is 1120. The predicted octanol–water partition coefficient (Wildman–Crippen LogP) is 4.90. The standard InChI is InChI=1S/C26H31NO6/c1-16-8-9-20-17(2)24(33-21(20)11-16)26(28)27(15-19-7-6-10-32-19)14-18-12-22(29-3)25(31-5)23(13-18)30-4/h8-9,11-13,19H,6-7,10,14-15H2,1-5H3. The largest absolute Gasteiger partial charge is 0.493 e. The van der Waals surface area contributed by atoms with Crippen LogP contribution in [-0.4, -0.2) is 51.4 Å². The number of amides is 1. The van der Waals surface area contributed by atoms with E-state index < -0.39 is 0 Å². The lowest BCUT2D eigenvalue weighted by atomic mass is 10.1. The lowest BCUT2D eigenvalue weighted by Crippen LogP contribution is -2.37. The summed E-state index contributed by atoms with van der Waals surface area (Å²) in [6, 6.07) is 9.73. The van der Waals surface area contributed by atoms with Crippen molar-refractivity contribution < 1.29 is 28.2 Å². The van der Waals surface area contributed by atoms with Crippen LogP contribution in [0.25, 0.3) is 11.0 Å². The van der Waals surface area contributed by atoms with Crippen LogP contribution in [0.1, 0.15) is 40.1 Å². The minimum atomic E-state index is -0.161. The summed E-state index contributed by atoms with van der Waals surface area (Å²) in [5, 5.41) is 0.953. The molecule has 0 N–H and O–H groups in total. The van der Waals surface area contributed by atoms with Gasteiger partial charge in [0.05, 0.1) is 27.4 Å². The maximum absolute atomic E-state index is 13.7. The quantitative estimate of drug-likeness (QED) is 0.483. The summed E-state index contributed by atoms with van der Waals surface area (Å²) in [6.07, 6.45) is 1.93. The van der Waals surface area contributed by atoms with E-state index in [9.17, 15) is 4.79 Å². The molecule has 176 valence electrons. The zero-order chi connectivity index (χ0) is 23.5. The number of rotatable bonds is 8. The molecule has 0 aliphatic carbocycles. The van der Waals surface area contributed by atoms with Crippen molar-refractivity contribution in [2.75, 3.05) is 34.5 Å². The monoisotopic (exact) mass is 453 g/mol. The number of hydrogen-bond donors (Lipinski definition) is 0. The highest BCUT2D eigenvalue weighted by atomic mass is 16.5. The highest BCUT2D eigenvalue weighted by Gasteiger charge is 2.28. The normalized spacial score (nSPS) is 15.6. The molecule has 0 saturated carbocycles. The number of ether oxygens (including phenoxy) is 4. The molecule has 2 heterocycles. The summed E-state index contributed by atoms with van der Waals surface area (Å²) in [5.41, 5.74) is 3.52. The van der Waals surface area contributed by atoms with E-state index in [0.717, 1.165) is 47.1 Å². The molecular weight excluding hydrogens is 422 g/mol. The van der Waals surface area contributed by atoms with Gasteiger partial charge in [-0.25, -0.2) is 0 Å². The van der Waals surface area contributed by atoms with Gasteiger partial charge in [-0.2, -0.15) is 0 Å². The van der Waals surface area contributed by atoms with Gasteiger partial charge < -0.3 is 28.3 Å². The molecule has 0 spiro atoms. The van der Waals surface area contributed by atoms with Gasteiger partial charge in [-0.3, -0.25) is 4.79 Å². The Kier molecular flexibility index (Phi) is 6.79. The Morgan fingerprint density at radius 2 is 1.79 bits per heavy atom. The SMILES string of the molecule is COc1cc(CN(CC2CCCO2)C(=O)c2oc3cc(C)ccc3c2C)cc(OC)c1OC. The van der Waals surface area contributed by atoms with Gasteiger partial charge in [-0.1, -0.05) is 12.1 Å². The lowest BCUT2D eigenvalue weighted by molar-refractivity contribution is 0.0484. The molecule has 7 nitrogen and oxygen atoms in total. The zero-order valence-electron chi connectivity index (χ0n) is 19.9. The first-order valence-electron chi connectivity index (χ1n) is 11.1. The van der Waals surface area contributed by atoms with Crippen LogP contribution in [0.15, 0.2) is 34.7 Å². The molecule has 1 atom stereocenters. The number of carbonyl (C=O) groups excluding carboxylic acids is 1. The summed E-state index contributed by atoms with van der Waals surface area (Å²) < 4.78 is 28.3. The third-order valence-electron chi connectivity index (χ3n) is 6.12. The minimum Gasteiger partial charge on any atom is -0.493 e. The number of methoxy groups -OCH3 is 3. The van der Waals surface area contributed by atoms with E-state index in [4.69, 9.17) is 23.4 Å². The van der Waals surface area contributed by atoms with Gasteiger partial charge >= 0.3 is 0 Å². The van der Waals surface area contributed by atoms with E-state index >= 15 is 0 Å². The fraction of sp³-hybridized carbons (Fsp3) is 0.423. The number of aryl methyl sites for hydroxylation is 2. The van der Waals surface area contributed by atoms with Gasteiger partial charge in [-0.15, -0.1) is 0 Å². The smallest absolute Gasteiger partial charge is 0.290 e. The van der Waals surface area contributed by atoms with Crippen LogP contribution < -0.4 is 14.2 Å². The first kappa shape index (κ1) is 23.0. The molecule has 3 aromatic rings. The molecule has 0 bridgehead atoms. The Labute approximate surface area is 194 Å². The topological polar surface area (TPSA) is 70.4 Å². The second kappa shape index (κ2) is 9.75. The van der Waals surface area contributed by atoms with Gasteiger partial charge in [0.1, 0.15) is 5.58 Å². The van der Waals surface area contributed by atoms with E-state index in [1.807, 2.05) is 44.2 Å². The fourth-order valence-corrected chi connectivity index (χ4v) is 4.38. The average Bonchev–Trinajstić information content (AvgIpc) is 3.44. The van der Waals surface area contributed by atoms with E-state index in [-0.39, 0.29) is 12.0 Å². The zero-order valence-corrected chi connectivity index (χ0v) is 19.9. The van der Waals surface area contributed by atoms with Gasteiger partial charge in [-0.05, 0) is 56.0 Å².